The number of ether oxygens (including phenoxy) is 2. The molecule has 21 heavy (non-hydrogen) atoms. The lowest BCUT2D eigenvalue weighted by molar-refractivity contribution is 0.112. The van der Waals surface area contributed by atoms with Crippen molar-refractivity contribution >= 4 is 17.9 Å². The second-order valence-electron chi connectivity index (χ2n) is 4.83. The Kier molecular flexibility index (Phi) is 4.53. The van der Waals surface area contributed by atoms with Crippen molar-refractivity contribution in [1.29, 1.82) is 0 Å². The van der Waals surface area contributed by atoms with E-state index in [1.54, 1.807) is 19.2 Å². The van der Waals surface area contributed by atoms with Gasteiger partial charge < -0.3 is 9.47 Å². The zero-order valence-corrected chi connectivity index (χ0v) is 13.2. The number of hydrogen-bond acceptors (Lipinski definition) is 3. The minimum Gasteiger partial charge on any atom is -0.493 e. The standard InChI is InChI=1S/C17H17ClO3/c1-10-5-14(15(18)6-11(10)2)13-8-17(21-4)16(20-3)7-12(13)9-19/h5-9H,1-4H3. The molecule has 0 aromatic heterocycles. The normalized spacial score (nSPS) is 10.3. The molecule has 0 heterocycles. The quantitative estimate of drug-likeness (QED) is 0.783. The van der Waals surface area contributed by atoms with Gasteiger partial charge in [-0.2, -0.15) is 0 Å². The first kappa shape index (κ1) is 15.4. The fourth-order valence-electron chi connectivity index (χ4n) is 2.21. The van der Waals surface area contributed by atoms with Gasteiger partial charge in [-0.3, -0.25) is 4.79 Å². The summed E-state index contributed by atoms with van der Waals surface area (Å²) < 4.78 is 10.5. The molecule has 2 aromatic carbocycles. The molecule has 0 fully saturated rings. The molecule has 0 unspecified atom stereocenters. The number of aldehydes is 1. The molecule has 0 radical (unpaired) electrons. The first-order valence-corrected chi connectivity index (χ1v) is 6.88. The molecule has 0 aliphatic heterocycles. The van der Waals surface area contributed by atoms with Gasteiger partial charge in [0.15, 0.2) is 17.8 Å². The Labute approximate surface area is 129 Å². The SMILES string of the molecule is COc1cc(C=O)c(-c2cc(C)c(C)cc2Cl)cc1OC. The van der Waals surface area contributed by atoms with Crippen molar-refractivity contribution < 1.29 is 14.3 Å². The van der Waals surface area contributed by atoms with Crippen LogP contribution in [-0.4, -0.2) is 20.5 Å². The minimum absolute atomic E-state index is 0.512. The molecule has 0 aliphatic carbocycles. The third-order valence-electron chi connectivity index (χ3n) is 3.56. The molecule has 0 atom stereocenters. The molecule has 4 heteroatoms. The van der Waals surface area contributed by atoms with Crippen LogP contribution in [-0.2, 0) is 0 Å². The molecule has 0 spiro atoms. The van der Waals surface area contributed by atoms with E-state index < -0.39 is 0 Å². The highest BCUT2D eigenvalue weighted by molar-refractivity contribution is 6.33. The summed E-state index contributed by atoms with van der Waals surface area (Å²) in [5.41, 5.74) is 4.27. The molecule has 3 nitrogen and oxygen atoms in total. The first-order chi connectivity index (χ1) is 10.0. The minimum atomic E-state index is 0.512. The zero-order valence-electron chi connectivity index (χ0n) is 12.5. The number of carbonyl (C=O) groups is 1. The summed E-state index contributed by atoms with van der Waals surface area (Å²) in [5, 5.41) is 0.605. The number of carbonyl (C=O) groups excluding carboxylic acids is 1. The third kappa shape index (κ3) is 2.88. The van der Waals surface area contributed by atoms with E-state index in [0.29, 0.717) is 22.1 Å². The van der Waals surface area contributed by atoms with Crippen LogP contribution in [0.2, 0.25) is 5.02 Å². The molecular weight excluding hydrogens is 288 g/mol. The number of aryl methyl sites for hydroxylation is 2. The Morgan fingerprint density at radius 2 is 1.48 bits per heavy atom. The molecule has 0 aliphatic rings. The Bertz CT molecular complexity index is 693. The largest absolute Gasteiger partial charge is 0.493 e. The Hall–Kier alpha value is -2.00. The van der Waals surface area contributed by atoms with Crippen molar-refractivity contribution in [1.82, 2.24) is 0 Å². The number of hydrogen-bond donors (Lipinski definition) is 0. The molecule has 0 amide bonds. The smallest absolute Gasteiger partial charge is 0.161 e. The maximum atomic E-state index is 11.4. The number of methoxy groups -OCH3 is 2. The van der Waals surface area contributed by atoms with E-state index in [1.807, 2.05) is 26.0 Å². The van der Waals surface area contributed by atoms with Crippen LogP contribution >= 0.6 is 11.6 Å². The molecule has 0 saturated carbocycles. The summed E-state index contributed by atoms with van der Waals surface area (Å²) in [7, 11) is 3.10. The predicted molar refractivity (Wildman–Crippen MR) is 84.9 cm³/mol. The average Bonchev–Trinajstić information content (AvgIpc) is 2.49. The second-order valence-corrected chi connectivity index (χ2v) is 5.24. The molecule has 0 saturated heterocycles. The van der Waals surface area contributed by atoms with E-state index in [1.165, 1.54) is 7.11 Å². The first-order valence-electron chi connectivity index (χ1n) is 6.50. The highest BCUT2D eigenvalue weighted by atomic mass is 35.5. The average molecular weight is 305 g/mol. The molecule has 0 N–H and O–H groups in total. The van der Waals surface area contributed by atoms with Crippen LogP contribution in [0.1, 0.15) is 21.5 Å². The van der Waals surface area contributed by atoms with E-state index in [9.17, 15) is 4.79 Å². The summed E-state index contributed by atoms with van der Waals surface area (Å²) in [5.74, 6) is 1.08. The highest BCUT2D eigenvalue weighted by Crippen LogP contribution is 2.38. The van der Waals surface area contributed by atoms with Gasteiger partial charge in [-0.25, -0.2) is 0 Å². The second kappa shape index (κ2) is 6.19. The van der Waals surface area contributed by atoms with Crippen LogP contribution in [0.5, 0.6) is 11.5 Å². The van der Waals surface area contributed by atoms with Crippen LogP contribution in [0.3, 0.4) is 0 Å². The van der Waals surface area contributed by atoms with Gasteiger partial charge in [-0.05, 0) is 54.8 Å². The predicted octanol–water partition coefficient (Wildman–Crippen LogP) is 4.45. The van der Waals surface area contributed by atoms with Crippen molar-refractivity contribution in [3.8, 4) is 22.6 Å². The van der Waals surface area contributed by atoms with Gasteiger partial charge in [0.1, 0.15) is 0 Å². The van der Waals surface area contributed by atoms with Crippen LogP contribution in [0.4, 0.5) is 0 Å². The Balaban J connectivity index is 2.73. The molecular formula is C17H17ClO3. The topological polar surface area (TPSA) is 35.5 Å². The van der Waals surface area contributed by atoms with Gasteiger partial charge in [0, 0.05) is 16.1 Å². The molecule has 2 aromatic rings. The van der Waals surface area contributed by atoms with E-state index in [2.05, 4.69) is 0 Å². The summed E-state index contributed by atoms with van der Waals surface area (Å²) in [6.07, 6.45) is 0.794. The zero-order chi connectivity index (χ0) is 15.6. The van der Waals surface area contributed by atoms with Crippen molar-refractivity contribution in [3.05, 3.63) is 46.0 Å². The van der Waals surface area contributed by atoms with Crippen molar-refractivity contribution in [2.75, 3.05) is 14.2 Å². The Morgan fingerprint density at radius 3 is 2.05 bits per heavy atom. The van der Waals surface area contributed by atoms with Crippen molar-refractivity contribution in [2.24, 2.45) is 0 Å². The maximum Gasteiger partial charge on any atom is 0.161 e. The van der Waals surface area contributed by atoms with E-state index in [0.717, 1.165) is 28.5 Å². The van der Waals surface area contributed by atoms with Crippen molar-refractivity contribution in [2.45, 2.75) is 13.8 Å². The number of benzene rings is 2. The number of rotatable bonds is 4. The highest BCUT2D eigenvalue weighted by Gasteiger charge is 2.15. The number of halogens is 1. The van der Waals surface area contributed by atoms with Crippen LogP contribution < -0.4 is 9.47 Å². The lowest BCUT2D eigenvalue weighted by Crippen LogP contribution is -1.96. The fourth-order valence-corrected chi connectivity index (χ4v) is 2.53. The monoisotopic (exact) mass is 304 g/mol. The van der Waals surface area contributed by atoms with Gasteiger partial charge >= 0.3 is 0 Å². The summed E-state index contributed by atoms with van der Waals surface area (Å²) in [4.78, 5) is 11.4. The van der Waals surface area contributed by atoms with Gasteiger partial charge in [0.2, 0.25) is 0 Å². The lowest BCUT2D eigenvalue weighted by atomic mass is 9.96. The fraction of sp³-hybridized carbons (Fsp3) is 0.235. The van der Waals surface area contributed by atoms with Crippen LogP contribution in [0, 0.1) is 13.8 Å². The summed E-state index contributed by atoms with van der Waals surface area (Å²) >= 11 is 6.35. The summed E-state index contributed by atoms with van der Waals surface area (Å²) in [6, 6.07) is 7.31. The molecule has 110 valence electrons. The van der Waals surface area contributed by atoms with Crippen LogP contribution in [0.25, 0.3) is 11.1 Å². The van der Waals surface area contributed by atoms with Gasteiger partial charge in [0.05, 0.1) is 14.2 Å². The maximum absolute atomic E-state index is 11.4. The van der Waals surface area contributed by atoms with Crippen molar-refractivity contribution in [3.63, 3.8) is 0 Å². The van der Waals surface area contributed by atoms with Gasteiger partial charge in [-0.15, -0.1) is 0 Å². The Morgan fingerprint density at radius 1 is 0.905 bits per heavy atom. The van der Waals surface area contributed by atoms with E-state index >= 15 is 0 Å². The van der Waals surface area contributed by atoms with Gasteiger partial charge in [-0.1, -0.05) is 11.6 Å². The molecule has 2 rings (SSSR count). The third-order valence-corrected chi connectivity index (χ3v) is 3.87. The molecule has 0 bridgehead atoms. The lowest BCUT2D eigenvalue weighted by Gasteiger charge is -2.14. The van der Waals surface area contributed by atoms with E-state index in [4.69, 9.17) is 21.1 Å². The summed E-state index contributed by atoms with van der Waals surface area (Å²) in [6.45, 7) is 4.01. The van der Waals surface area contributed by atoms with Crippen LogP contribution in [0.15, 0.2) is 24.3 Å². The van der Waals surface area contributed by atoms with Gasteiger partial charge in [0.25, 0.3) is 0 Å². The van der Waals surface area contributed by atoms with E-state index in [-0.39, 0.29) is 0 Å².